The van der Waals surface area contributed by atoms with Crippen molar-refractivity contribution in [3.05, 3.63) is 71.7 Å². The second-order valence-corrected chi connectivity index (χ2v) is 11.2. The van der Waals surface area contributed by atoms with Crippen LogP contribution in [0.3, 0.4) is 0 Å². The zero-order valence-corrected chi connectivity index (χ0v) is 21.0. The molecule has 4 rings (SSSR count). The summed E-state index contributed by atoms with van der Waals surface area (Å²) in [7, 11) is -1.69. The van der Waals surface area contributed by atoms with Crippen LogP contribution in [0.25, 0.3) is 6.08 Å². The number of nitrogens with zero attached hydrogens (tertiary/aromatic N) is 2. The highest BCUT2D eigenvalue weighted by Crippen LogP contribution is 2.35. The zero-order valence-electron chi connectivity index (χ0n) is 20.2. The number of sulfonamides is 1. The number of aryl methyl sites for hydroxylation is 1. The van der Waals surface area contributed by atoms with Crippen LogP contribution in [-0.4, -0.2) is 36.9 Å². The molecular formula is C27H35N3O3S. The van der Waals surface area contributed by atoms with Crippen LogP contribution in [0.1, 0.15) is 61.3 Å². The number of benzene rings is 1. The number of hydrogen-bond donors (Lipinski definition) is 1. The summed E-state index contributed by atoms with van der Waals surface area (Å²) < 4.78 is 30.4. The fraction of sp³-hybridized carbons (Fsp3) is 0.444. The molecule has 1 amide bonds. The zero-order chi connectivity index (χ0) is 24.3. The molecule has 0 atom stereocenters. The van der Waals surface area contributed by atoms with Crippen LogP contribution in [0, 0.1) is 12.8 Å². The maximum atomic E-state index is 12.8. The van der Waals surface area contributed by atoms with Gasteiger partial charge in [-0.2, -0.15) is 0 Å². The number of aromatic nitrogens is 1. The number of amides is 1. The maximum Gasteiger partial charge on any atom is 0.261 e. The predicted octanol–water partition coefficient (Wildman–Crippen LogP) is 4.74. The standard InChI is InChI=1S/C27H35N3O3S/c1-4-23(28-34(32,33)24-12-6-5-7-13-24)18-25-20(2)29(3)19-26(25)21-14-16-30(17-15-21)27(31)22-10-8-9-11-22/h4-7,12-13,18-19,21-22,28H,1,8-11,14-17H2,2-3H3/b23-18+. The van der Waals surface area contributed by atoms with Gasteiger partial charge in [-0.3, -0.25) is 9.52 Å². The molecule has 182 valence electrons. The lowest BCUT2D eigenvalue weighted by molar-refractivity contribution is -0.136. The van der Waals surface area contributed by atoms with E-state index in [9.17, 15) is 13.2 Å². The minimum Gasteiger partial charge on any atom is -0.354 e. The normalized spacial score (nSPS) is 18.3. The van der Waals surface area contributed by atoms with Gasteiger partial charge in [0, 0.05) is 49.2 Å². The van der Waals surface area contributed by atoms with Crippen LogP contribution in [0.15, 0.2) is 59.8 Å². The molecule has 1 aromatic carbocycles. The molecule has 1 N–H and O–H groups in total. The van der Waals surface area contributed by atoms with Crippen LogP contribution in [0.4, 0.5) is 0 Å². The number of allylic oxidation sites excluding steroid dienone is 1. The average molecular weight is 482 g/mol. The Labute approximate surface area is 203 Å². The van der Waals surface area contributed by atoms with Crippen LogP contribution < -0.4 is 4.72 Å². The monoisotopic (exact) mass is 481 g/mol. The van der Waals surface area contributed by atoms with E-state index in [4.69, 9.17) is 0 Å². The molecule has 0 spiro atoms. The summed E-state index contributed by atoms with van der Waals surface area (Å²) in [4.78, 5) is 15.1. The topological polar surface area (TPSA) is 71.4 Å². The van der Waals surface area contributed by atoms with E-state index < -0.39 is 10.0 Å². The Bertz CT molecular complexity index is 1170. The van der Waals surface area contributed by atoms with Gasteiger partial charge in [0.1, 0.15) is 0 Å². The van der Waals surface area contributed by atoms with Crippen molar-refractivity contribution < 1.29 is 13.2 Å². The average Bonchev–Trinajstić information content (AvgIpc) is 3.48. The number of nitrogens with one attached hydrogen (secondary N) is 1. The Balaban J connectivity index is 1.53. The first-order chi connectivity index (χ1) is 16.3. The third-order valence-electron chi connectivity index (χ3n) is 7.34. The first-order valence-corrected chi connectivity index (χ1v) is 13.6. The smallest absolute Gasteiger partial charge is 0.261 e. The number of carbonyl (C=O) groups excluding carboxylic acids is 1. The Kier molecular flexibility index (Phi) is 7.31. The Hall–Kier alpha value is -2.80. The van der Waals surface area contributed by atoms with Crippen molar-refractivity contribution in [2.45, 2.75) is 56.3 Å². The first-order valence-electron chi connectivity index (χ1n) is 12.2. The summed E-state index contributed by atoms with van der Waals surface area (Å²) in [6, 6.07) is 8.34. The van der Waals surface area contributed by atoms with Gasteiger partial charge in [0.2, 0.25) is 5.91 Å². The molecule has 0 unspecified atom stereocenters. The van der Waals surface area contributed by atoms with Gasteiger partial charge in [-0.05, 0) is 68.4 Å². The summed E-state index contributed by atoms with van der Waals surface area (Å²) in [6.07, 6.45) is 11.8. The van der Waals surface area contributed by atoms with Crippen LogP contribution in [-0.2, 0) is 21.9 Å². The summed E-state index contributed by atoms with van der Waals surface area (Å²) in [5.74, 6) is 0.891. The molecule has 2 aromatic rings. The second kappa shape index (κ2) is 10.2. The fourth-order valence-electron chi connectivity index (χ4n) is 5.23. The largest absolute Gasteiger partial charge is 0.354 e. The predicted molar refractivity (Wildman–Crippen MR) is 136 cm³/mol. The van der Waals surface area contributed by atoms with Gasteiger partial charge in [-0.15, -0.1) is 0 Å². The first kappa shape index (κ1) is 24.3. The van der Waals surface area contributed by atoms with Gasteiger partial charge < -0.3 is 9.47 Å². The van der Waals surface area contributed by atoms with E-state index in [1.807, 2.05) is 20.0 Å². The quantitative estimate of drug-likeness (QED) is 0.581. The van der Waals surface area contributed by atoms with Crippen LogP contribution in [0.2, 0.25) is 0 Å². The van der Waals surface area contributed by atoms with Crippen molar-refractivity contribution >= 4 is 22.0 Å². The molecule has 1 aliphatic carbocycles. The molecule has 1 saturated carbocycles. The van der Waals surface area contributed by atoms with Gasteiger partial charge in [-0.25, -0.2) is 8.42 Å². The highest BCUT2D eigenvalue weighted by Gasteiger charge is 2.31. The van der Waals surface area contributed by atoms with E-state index in [1.54, 1.807) is 36.4 Å². The third-order valence-corrected chi connectivity index (χ3v) is 8.74. The van der Waals surface area contributed by atoms with E-state index in [1.165, 1.54) is 18.4 Å². The molecule has 7 heteroatoms. The molecule has 1 aromatic heterocycles. The van der Waals surface area contributed by atoms with Crippen molar-refractivity contribution in [2.75, 3.05) is 13.1 Å². The fourth-order valence-corrected chi connectivity index (χ4v) is 6.31. The lowest BCUT2D eigenvalue weighted by atomic mass is 9.87. The van der Waals surface area contributed by atoms with E-state index in [2.05, 4.69) is 27.0 Å². The molecule has 1 saturated heterocycles. The minimum atomic E-state index is -3.70. The molecule has 34 heavy (non-hydrogen) atoms. The number of piperidine rings is 1. The highest BCUT2D eigenvalue weighted by molar-refractivity contribution is 7.89. The van der Waals surface area contributed by atoms with E-state index in [0.717, 1.165) is 50.0 Å². The SMILES string of the molecule is C=C/C(=C\c1c(C2CCN(C(=O)C3CCCC3)CC2)cn(C)c1C)NS(=O)(=O)c1ccccc1. The van der Waals surface area contributed by atoms with E-state index in [0.29, 0.717) is 17.5 Å². The van der Waals surface area contributed by atoms with Crippen LogP contribution in [0.5, 0.6) is 0 Å². The van der Waals surface area contributed by atoms with E-state index >= 15 is 0 Å². The molecule has 0 radical (unpaired) electrons. The number of rotatable bonds is 7. The minimum absolute atomic E-state index is 0.215. The molecule has 2 fully saturated rings. The number of likely N-dealkylation sites (tertiary alicyclic amines) is 1. The summed E-state index contributed by atoms with van der Waals surface area (Å²) in [5, 5.41) is 0. The third kappa shape index (κ3) is 5.14. The summed E-state index contributed by atoms with van der Waals surface area (Å²) >= 11 is 0. The highest BCUT2D eigenvalue weighted by atomic mass is 32.2. The molecule has 2 heterocycles. The van der Waals surface area contributed by atoms with Crippen molar-refractivity contribution in [3.8, 4) is 0 Å². The van der Waals surface area contributed by atoms with Gasteiger partial charge in [0.15, 0.2) is 0 Å². The second-order valence-electron chi connectivity index (χ2n) is 9.50. The van der Waals surface area contributed by atoms with Gasteiger partial charge in [0.05, 0.1) is 4.90 Å². The van der Waals surface area contributed by atoms with Crippen molar-refractivity contribution in [2.24, 2.45) is 13.0 Å². The maximum absolute atomic E-state index is 12.8. The molecule has 2 aliphatic rings. The summed E-state index contributed by atoms with van der Waals surface area (Å²) in [6.45, 7) is 7.44. The van der Waals surface area contributed by atoms with Gasteiger partial charge >= 0.3 is 0 Å². The molecule has 0 bridgehead atoms. The van der Waals surface area contributed by atoms with Crippen molar-refractivity contribution in [1.82, 2.24) is 14.2 Å². The number of hydrogen-bond acceptors (Lipinski definition) is 3. The van der Waals surface area contributed by atoms with E-state index in [-0.39, 0.29) is 10.8 Å². The lowest BCUT2D eigenvalue weighted by Crippen LogP contribution is -2.40. The molecule has 6 nitrogen and oxygen atoms in total. The Morgan fingerprint density at radius 3 is 2.35 bits per heavy atom. The van der Waals surface area contributed by atoms with Crippen molar-refractivity contribution in [1.29, 1.82) is 0 Å². The summed E-state index contributed by atoms with van der Waals surface area (Å²) in [5.41, 5.74) is 3.73. The Morgan fingerprint density at radius 1 is 1.09 bits per heavy atom. The molecule has 1 aliphatic heterocycles. The molecular weight excluding hydrogens is 446 g/mol. The Morgan fingerprint density at radius 2 is 1.74 bits per heavy atom. The lowest BCUT2D eigenvalue weighted by Gasteiger charge is -2.33. The van der Waals surface area contributed by atoms with Crippen molar-refractivity contribution in [3.63, 3.8) is 0 Å². The number of carbonyl (C=O) groups is 1. The van der Waals surface area contributed by atoms with Gasteiger partial charge in [0.25, 0.3) is 10.0 Å². The van der Waals surface area contributed by atoms with Gasteiger partial charge in [-0.1, -0.05) is 37.6 Å². The van der Waals surface area contributed by atoms with Crippen LogP contribution >= 0.6 is 0 Å².